The van der Waals surface area contributed by atoms with E-state index in [2.05, 4.69) is 0 Å². The highest BCUT2D eigenvalue weighted by molar-refractivity contribution is 5.72. The summed E-state index contributed by atoms with van der Waals surface area (Å²) in [6.07, 6.45) is 0. The Bertz CT molecular complexity index is 854. The molecular weight excluding hydrogens is 337 g/mol. The number of carboxylic acids is 1. The third-order valence-corrected chi connectivity index (χ3v) is 5.20. The molecule has 0 saturated carbocycles. The minimum absolute atomic E-state index is 0.171. The van der Waals surface area contributed by atoms with Crippen molar-refractivity contribution in [3.8, 4) is 11.5 Å². The number of aliphatic carboxylic acids is 1. The summed E-state index contributed by atoms with van der Waals surface area (Å²) in [7, 11) is 0. The van der Waals surface area contributed by atoms with Gasteiger partial charge in [-0.1, -0.05) is 24.3 Å². The van der Waals surface area contributed by atoms with Crippen LogP contribution in [0.4, 0.5) is 4.39 Å². The van der Waals surface area contributed by atoms with Crippen molar-refractivity contribution < 1.29 is 23.8 Å². The Kier molecular flexibility index (Phi) is 4.28. The molecule has 26 heavy (non-hydrogen) atoms. The van der Waals surface area contributed by atoms with Gasteiger partial charge in [0, 0.05) is 31.1 Å². The summed E-state index contributed by atoms with van der Waals surface area (Å²) in [6, 6.07) is 10.9. The van der Waals surface area contributed by atoms with Gasteiger partial charge in [-0.15, -0.1) is 0 Å². The maximum Gasteiger partial charge on any atom is 0.308 e. The van der Waals surface area contributed by atoms with Gasteiger partial charge in [-0.3, -0.25) is 9.69 Å². The number of likely N-dealkylation sites (tertiary alicyclic amines) is 1. The van der Waals surface area contributed by atoms with Gasteiger partial charge >= 0.3 is 5.97 Å². The first-order valence-electron chi connectivity index (χ1n) is 8.61. The number of carboxylic acid groups (broad SMARTS) is 1. The van der Waals surface area contributed by atoms with E-state index in [1.165, 1.54) is 0 Å². The predicted octanol–water partition coefficient (Wildman–Crippen LogP) is 3.16. The van der Waals surface area contributed by atoms with Gasteiger partial charge in [0.1, 0.15) is 5.82 Å². The Balaban J connectivity index is 1.57. The average Bonchev–Trinajstić information content (AvgIpc) is 3.25. The Hall–Kier alpha value is -2.60. The molecule has 0 aromatic heterocycles. The highest BCUT2D eigenvalue weighted by Gasteiger charge is 2.39. The predicted molar refractivity (Wildman–Crippen MR) is 92.8 cm³/mol. The maximum absolute atomic E-state index is 14.3. The zero-order valence-corrected chi connectivity index (χ0v) is 14.4. The fourth-order valence-electron chi connectivity index (χ4n) is 3.82. The molecule has 1 saturated heterocycles. The molecule has 1 fully saturated rings. The van der Waals surface area contributed by atoms with Crippen molar-refractivity contribution in [1.82, 2.24) is 4.90 Å². The smallest absolute Gasteiger partial charge is 0.308 e. The monoisotopic (exact) mass is 357 g/mol. The first kappa shape index (κ1) is 16.8. The van der Waals surface area contributed by atoms with Gasteiger partial charge in [0.15, 0.2) is 11.5 Å². The summed E-state index contributed by atoms with van der Waals surface area (Å²) in [6.45, 7) is 3.27. The molecule has 2 aliphatic rings. The van der Waals surface area contributed by atoms with Crippen LogP contribution in [-0.4, -0.2) is 35.9 Å². The molecule has 5 nitrogen and oxygen atoms in total. The van der Waals surface area contributed by atoms with Gasteiger partial charge in [0.25, 0.3) is 0 Å². The van der Waals surface area contributed by atoms with Crippen molar-refractivity contribution in [3.05, 3.63) is 58.9 Å². The summed E-state index contributed by atoms with van der Waals surface area (Å²) in [4.78, 5) is 13.8. The Morgan fingerprint density at radius 2 is 2.04 bits per heavy atom. The normalized spacial score (nSPS) is 21.9. The topological polar surface area (TPSA) is 59.0 Å². The number of rotatable bonds is 4. The quantitative estimate of drug-likeness (QED) is 0.911. The van der Waals surface area contributed by atoms with Crippen LogP contribution in [0.2, 0.25) is 0 Å². The molecule has 0 aliphatic carbocycles. The fourth-order valence-corrected chi connectivity index (χ4v) is 3.82. The number of fused-ring (bicyclic) bond motifs is 1. The van der Waals surface area contributed by atoms with Gasteiger partial charge in [-0.25, -0.2) is 4.39 Å². The molecule has 0 unspecified atom stereocenters. The lowest BCUT2D eigenvalue weighted by Gasteiger charge is -2.17. The third-order valence-electron chi connectivity index (χ3n) is 5.20. The molecule has 2 aliphatic heterocycles. The van der Waals surface area contributed by atoms with Crippen molar-refractivity contribution in [3.63, 3.8) is 0 Å². The summed E-state index contributed by atoms with van der Waals surface area (Å²) >= 11 is 0. The highest BCUT2D eigenvalue weighted by atomic mass is 19.1. The zero-order valence-electron chi connectivity index (χ0n) is 14.4. The van der Waals surface area contributed by atoms with Crippen molar-refractivity contribution in [2.24, 2.45) is 5.92 Å². The lowest BCUT2D eigenvalue weighted by atomic mass is 9.89. The first-order chi connectivity index (χ1) is 12.5. The molecule has 0 bridgehead atoms. The van der Waals surface area contributed by atoms with Crippen molar-refractivity contribution in [1.29, 1.82) is 0 Å². The van der Waals surface area contributed by atoms with Crippen LogP contribution in [0, 0.1) is 18.7 Å². The molecule has 0 radical (unpaired) electrons. The van der Waals surface area contributed by atoms with E-state index in [1.807, 2.05) is 29.2 Å². The van der Waals surface area contributed by atoms with Crippen LogP contribution in [0.1, 0.15) is 22.6 Å². The second-order valence-electron chi connectivity index (χ2n) is 6.91. The highest BCUT2D eigenvalue weighted by Crippen LogP contribution is 2.39. The summed E-state index contributed by atoms with van der Waals surface area (Å²) < 4.78 is 25.0. The van der Waals surface area contributed by atoms with Crippen molar-refractivity contribution in [2.45, 2.75) is 19.4 Å². The number of hydrogen-bond donors (Lipinski definition) is 1. The number of halogens is 1. The summed E-state index contributed by atoms with van der Waals surface area (Å²) in [5.41, 5.74) is 2.11. The van der Waals surface area contributed by atoms with E-state index in [0.29, 0.717) is 42.3 Å². The van der Waals surface area contributed by atoms with Crippen molar-refractivity contribution in [2.75, 3.05) is 19.9 Å². The van der Waals surface area contributed by atoms with Gasteiger partial charge < -0.3 is 14.6 Å². The summed E-state index contributed by atoms with van der Waals surface area (Å²) in [5.74, 6) is -0.434. The fraction of sp³-hybridized carbons (Fsp3) is 0.350. The average molecular weight is 357 g/mol. The van der Waals surface area contributed by atoms with E-state index in [4.69, 9.17) is 9.47 Å². The van der Waals surface area contributed by atoms with E-state index in [0.717, 1.165) is 5.56 Å². The van der Waals surface area contributed by atoms with Crippen LogP contribution in [-0.2, 0) is 11.3 Å². The number of carbonyl (C=O) groups is 1. The molecule has 136 valence electrons. The van der Waals surface area contributed by atoms with Crippen LogP contribution < -0.4 is 9.47 Å². The molecular formula is C20H20FNO4. The largest absolute Gasteiger partial charge is 0.481 e. The van der Waals surface area contributed by atoms with Crippen LogP contribution in [0.3, 0.4) is 0 Å². The van der Waals surface area contributed by atoms with Gasteiger partial charge in [-0.05, 0) is 30.2 Å². The number of hydrogen-bond acceptors (Lipinski definition) is 4. The van der Waals surface area contributed by atoms with Gasteiger partial charge in [-0.2, -0.15) is 0 Å². The molecule has 0 amide bonds. The molecule has 1 N–H and O–H groups in total. The number of nitrogens with zero attached hydrogens (tertiary/aromatic N) is 1. The number of aryl methyl sites for hydroxylation is 1. The van der Waals surface area contributed by atoms with E-state index in [-0.39, 0.29) is 18.5 Å². The van der Waals surface area contributed by atoms with Crippen LogP contribution in [0.25, 0.3) is 0 Å². The van der Waals surface area contributed by atoms with Gasteiger partial charge in [0.2, 0.25) is 6.79 Å². The minimum Gasteiger partial charge on any atom is -0.481 e. The lowest BCUT2D eigenvalue weighted by Crippen LogP contribution is -2.23. The second kappa shape index (κ2) is 6.61. The van der Waals surface area contributed by atoms with Crippen LogP contribution >= 0.6 is 0 Å². The molecule has 2 heterocycles. The maximum atomic E-state index is 14.3. The Morgan fingerprint density at radius 1 is 1.23 bits per heavy atom. The molecule has 2 aromatic carbocycles. The number of benzene rings is 2. The first-order valence-corrected chi connectivity index (χ1v) is 8.61. The Morgan fingerprint density at radius 3 is 2.85 bits per heavy atom. The lowest BCUT2D eigenvalue weighted by molar-refractivity contribution is -0.141. The molecule has 2 atom stereocenters. The molecule has 0 spiro atoms. The Labute approximate surface area is 151 Å². The molecule has 6 heteroatoms. The van der Waals surface area contributed by atoms with Crippen LogP contribution in [0.5, 0.6) is 11.5 Å². The SMILES string of the molecule is Cc1cccc(CN2C[C@H](C(=O)O)[C@@H](c3ccc4c(c3)OCO4)C2)c1F. The van der Waals surface area contributed by atoms with E-state index in [9.17, 15) is 14.3 Å². The molecule has 4 rings (SSSR count). The minimum atomic E-state index is -0.833. The van der Waals surface area contributed by atoms with Gasteiger partial charge in [0.05, 0.1) is 5.92 Å². The van der Waals surface area contributed by atoms with E-state index < -0.39 is 11.9 Å². The third kappa shape index (κ3) is 3.01. The number of ether oxygens (including phenoxy) is 2. The zero-order chi connectivity index (χ0) is 18.3. The van der Waals surface area contributed by atoms with E-state index in [1.54, 1.807) is 19.1 Å². The molecule has 2 aromatic rings. The standard InChI is InChI=1S/C20H20FNO4/c1-12-3-2-4-14(19(12)21)8-22-9-15(16(10-22)20(23)24)13-5-6-17-18(7-13)26-11-25-17/h2-7,15-16H,8-11H2,1H3,(H,23,24)/t15-,16+/m1/s1. The summed E-state index contributed by atoms with van der Waals surface area (Å²) in [5, 5.41) is 9.66. The van der Waals surface area contributed by atoms with Crippen LogP contribution in [0.15, 0.2) is 36.4 Å². The van der Waals surface area contributed by atoms with Crippen molar-refractivity contribution >= 4 is 5.97 Å². The second-order valence-corrected chi connectivity index (χ2v) is 6.91. The van der Waals surface area contributed by atoms with E-state index >= 15 is 0 Å².